The van der Waals surface area contributed by atoms with Gasteiger partial charge >= 0.3 is 0 Å². The van der Waals surface area contributed by atoms with E-state index in [0.717, 1.165) is 19.3 Å². The van der Waals surface area contributed by atoms with E-state index < -0.39 is 5.82 Å². The summed E-state index contributed by atoms with van der Waals surface area (Å²) in [6, 6.07) is 1.21. The van der Waals surface area contributed by atoms with Gasteiger partial charge in [-0.3, -0.25) is 0 Å². The van der Waals surface area contributed by atoms with Crippen molar-refractivity contribution in [3.05, 3.63) is 23.1 Å². The first-order valence-corrected chi connectivity index (χ1v) is 4.61. The molecule has 0 aliphatic heterocycles. The zero-order valence-corrected chi connectivity index (χ0v) is 7.72. The lowest BCUT2D eigenvalue weighted by atomic mass is 9.96. The van der Waals surface area contributed by atoms with E-state index in [1.807, 2.05) is 0 Å². The van der Waals surface area contributed by atoms with Crippen LogP contribution in [0.3, 0.4) is 0 Å². The first kappa shape index (κ1) is 8.75. The van der Waals surface area contributed by atoms with Crippen LogP contribution in [0.1, 0.15) is 19.3 Å². The van der Waals surface area contributed by atoms with Gasteiger partial charge in [0.25, 0.3) is 5.88 Å². The molecule has 0 spiro atoms. The standard InChI is InChI=1S/C9H9ClFNO/c10-6-4-8(11)9(12-5-6)13-7-2-1-3-7/h4-5,7H,1-3H2. The molecule has 0 unspecified atom stereocenters. The smallest absolute Gasteiger partial charge is 0.250 e. The number of hydrogen-bond donors (Lipinski definition) is 0. The predicted octanol–water partition coefficient (Wildman–Crippen LogP) is 2.81. The third-order valence-electron chi connectivity index (χ3n) is 2.10. The summed E-state index contributed by atoms with van der Waals surface area (Å²) in [4.78, 5) is 3.77. The normalized spacial score (nSPS) is 16.8. The summed E-state index contributed by atoms with van der Waals surface area (Å²) in [5.41, 5.74) is 0. The highest BCUT2D eigenvalue weighted by Gasteiger charge is 2.21. The van der Waals surface area contributed by atoms with Crippen LogP contribution in [-0.4, -0.2) is 11.1 Å². The Morgan fingerprint density at radius 2 is 2.31 bits per heavy atom. The van der Waals surface area contributed by atoms with Crippen molar-refractivity contribution in [3.63, 3.8) is 0 Å². The maximum atomic E-state index is 13.1. The fraction of sp³-hybridized carbons (Fsp3) is 0.444. The molecule has 1 fully saturated rings. The Morgan fingerprint density at radius 3 is 2.85 bits per heavy atom. The quantitative estimate of drug-likeness (QED) is 0.734. The van der Waals surface area contributed by atoms with Gasteiger partial charge in [0.2, 0.25) is 0 Å². The van der Waals surface area contributed by atoms with Crippen molar-refractivity contribution < 1.29 is 9.13 Å². The van der Waals surface area contributed by atoms with Crippen LogP contribution in [0.25, 0.3) is 0 Å². The fourth-order valence-electron chi connectivity index (χ4n) is 1.14. The van der Waals surface area contributed by atoms with Gasteiger partial charge in [0, 0.05) is 6.20 Å². The monoisotopic (exact) mass is 201 g/mol. The van der Waals surface area contributed by atoms with Crippen LogP contribution < -0.4 is 4.74 Å². The minimum absolute atomic E-state index is 0.0640. The molecule has 70 valence electrons. The second-order valence-corrected chi connectivity index (χ2v) is 3.55. The van der Waals surface area contributed by atoms with Crippen LogP contribution in [0.4, 0.5) is 4.39 Å². The molecule has 2 rings (SSSR count). The number of rotatable bonds is 2. The number of pyridine rings is 1. The van der Waals surface area contributed by atoms with Crippen molar-refractivity contribution >= 4 is 11.6 Å². The Morgan fingerprint density at radius 1 is 1.54 bits per heavy atom. The Balaban J connectivity index is 2.10. The second-order valence-electron chi connectivity index (χ2n) is 3.11. The average molecular weight is 202 g/mol. The summed E-state index contributed by atoms with van der Waals surface area (Å²) in [7, 11) is 0. The van der Waals surface area contributed by atoms with E-state index in [0.29, 0.717) is 5.02 Å². The molecule has 0 saturated heterocycles. The van der Waals surface area contributed by atoms with E-state index in [9.17, 15) is 4.39 Å². The van der Waals surface area contributed by atoms with Gasteiger partial charge in [-0.2, -0.15) is 0 Å². The zero-order chi connectivity index (χ0) is 9.26. The molecule has 0 radical (unpaired) electrons. The largest absolute Gasteiger partial charge is 0.472 e. The Labute approximate surface area is 80.7 Å². The molecular weight excluding hydrogens is 193 g/mol. The molecule has 0 atom stereocenters. The van der Waals surface area contributed by atoms with Gasteiger partial charge in [-0.05, 0) is 25.3 Å². The summed E-state index contributed by atoms with van der Waals surface area (Å²) >= 11 is 5.54. The fourth-order valence-corrected chi connectivity index (χ4v) is 1.28. The van der Waals surface area contributed by atoms with Crippen LogP contribution in [0.15, 0.2) is 12.3 Å². The lowest BCUT2D eigenvalue weighted by molar-refractivity contribution is 0.109. The molecule has 1 aliphatic carbocycles. The van der Waals surface area contributed by atoms with E-state index in [1.54, 1.807) is 0 Å². The third kappa shape index (κ3) is 1.91. The summed E-state index contributed by atoms with van der Waals surface area (Å²) in [5.74, 6) is -0.423. The molecule has 2 nitrogen and oxygen atoms in total. The number of ether oxygens (including phenoxy) is 1. The van der Waals surface area contributed by atoms with Crippen molar-refractivity contribution in [1.29, 1.82) is 0 Å². The molecule has 13 heavy (non-hydrogen) atoms. The van der Waals surface area contributed by atoms with Crippen LogP contribution >= 0.6 is 11.6 Å². The molecule has 0 amide bonds. The SMILES string of the molecule is Fc1cc(Cl)cnc1OC1CCC1. The molecular formula is C9H9ClFNO. The highest BCUT2D eigenvalue weighted by molar-refractivity contribution is 6.30. The van der Waals surface area contributed by atoms with Gasteiger partial charge in [0.05, 0.1) is 5.02 Å². The molecule has 1 aliphatic rings. The first-order valence-electron chi connectivity index (χ1n) is 4.23. The molecule has 1 aromatic heterocycles. The van der Waals surface area contributed by atoms with Crippen molar-refractivity contribution in [1.82, 2.24) is 4.98 Å². The van der Waals surface area contributed by atoms with Crippen molar-refractivity contribution in [3.8, 4) is 5.88 Å². The van der Waals surface area contributed by atoms with E-state index >= 15 is 0 Å². The van der Waals surface area contributed by atoms with Crippen molar-refractivity contribution in [2.24, 2.45) is 0 Å². The Bertz CT molecular complexity index is 314. The predicted molar refractivity (Wildman–Crippen MR) is 47.5 cm³/mol. The minimum atomic E-state index is -0.487. The summed E-state index contributed by atoms with van der Waals surface area (Å²) in [5, 5.41) is 0.290. The van der Waals surface area contributed by atoms with E-state index in [4.69, 9.17) is 16.3 Å². The number of aromatic nitrogens is 1. The van der Waals surface area contributed by atoms with Crippen LogP contribution in [0.2, 0.25) is 5.02 Å². The highest BCUT2D eigenvalue weighted by Crippen LogP contribution is 2.26. The maximum absolute atomic E-state index is 13.1. The minimum Gasteiger partial charge on any atom is -0.472 e. The summed E-state index contributed by atoms with van der Waals surface area (Å²) in [6.07, 6.45) is 4.66. The molecule has 0 N–H and O–H groups in total. The zero-order valence-electron chi connectivity index (χ0n) is 6.96. The first-order chi connectivity index (χ1) is 6.25. The average Bonchev–Trinajstić information content (AvgIpc) is 1.99. The van der Waals surface area contributed by atoms with E-state index in [-0.39, 0.29) is 12.0 Å². The molecule has 1 saturated carbocycles. The molecule has 0 bridgehead atoms. The second kappa shape index (κ2) is 3.50. The summed E-state index contributed by atoms with van der Waals surface area (Å²) in [6.45, 7) is 0. The van der Waals surface area contributed by atoms with Crippen LogP contribution in [-0.2, 0) is 0 Å². The van der Waals surface area contributed by atoms with Gasteiger partial charge < -0.3 is 4.74 Å². The molecule has 1 aromatic rings. The van der Waals surface area contributed by atoms with E-state index in [2.05, 4.69) is 4.98 Å². The Hall–Kier alpha value is -0.830. The van der Waals surface area contributed by atoms with Gasteiger partial charge in [0.15, 0.2) is 5.82 Å². The van der Waals surface area contributed by atoms with Crippen molar-refractivity contribution in [2.75, 3.05) is 0 Å². The van der Waals surface area contributed by atoms with Gasteiger partial charge in [0.1, 0.15) is 6.10 Å². The number of nitrogens with zero attached hydrogens (tertiary/aromatic N) is 1. The molecule has 4 heteroatoms. The van der Waals surface area contributed by atoms with Gasteiger partial charge in [-0.15, -0.1) is 0 Å². The Kier molecular flexibility index (Phi) is 2.36. The van der Waals surface area contributed by atoms with Gasteiger partial charge in [-0.25, -0.2) is 9.37 Å². The molecule has 1 heterocycles. The lowest BCUT2D eigenvalue weighted by Crippen LogP contribution is -2.25. The van der Waals surface area contributed by atoms with Crippen molar-refractivity contribution in [2.45, 2.75) is 25.4 Å². The topological polar surface area (TPSA) is 22.1 Å². The summed E-state index contributed by atoms with van der Waals surface area (Å²) < 4.78 is 18.4. The van der Waals surface area contributed by atoms with Crippen LogP contribution in [0.5, 0.6) is 5.88 Å². The number of halogens is 2. The lowest BCUT2D eigenvalue weighted by Gasteiger charge is -2.25. The van der Waals surface area contributed by atoms with Crippen LogP contribution in [0, 0.1) is 5.82 Å². The maximum Gasteiger partial charge on any atom is 0.250 e. The highest BCUT2D eigenvalue weighted by atomic mass is 35.5. The van der Waals surface area contributed by atoms with Gasteiger partial charge in [-0.1, -0.05) is 11.6 Å². The number of hydrogen-bond acceptors (Lipinski definition) is 2. The molecule has 0 aromatic carbocycles. The van der Waals surface area contributed by atoms with E-state index in [1.165, 1.54) is 12.3 Å². The third-order valence-corrected chi connectivity index (χ3v) is 2.31.